The van der Waals surface area contributed by atoms with Crippen LogP contribution in [0.15, 0.2) is 48.5 Å². The Labute approximate surface area is 164 Å². The molecule has 144 valence electrons. The Hall–Kier alpha value is -3.45. The number of carbonyl (C=O) groups is 1. The van der Waals surface area contributed by atoms with Crippen LogP contribution in [0.25, 0.3) is 0 Å². The third-order valence-electron chi connectivity index (χ3n) is 3.62. The largest absolute Gasteiger partial charge is 0.493 e. The van der Waals surface area contributed by atoms with Crippen molar-refractivity contribution in [3.8, 4) is 36.2 Å². The first-order valence-corrected chi connectivity index (χ1v) is 8.44. The number of ether oxygens (including phenoxy) is 3. The summed E-state index contributed by atoms with van der Waals surface area (Å²) in [5.41, 5.74) is 3.84. The molecule has 6 nitrogen and oxygen atoms in total. The second kappa shape index (κ2) is 11.3. The molecule has 6 heteroatoms. The summed E-state index contributed by atoms with van der Waals surface area (Å²) < 4.78 is 16.1. The molecule has 2 rings (SSSR count). The summed E-state index contributed by atoms with van der Waals surface area (Å²) in [7, 11) is 1.53. The average molecular weight is 379 g/mol. The molecule has 1 unspecified atom stereocenters. The van der Waals surface area contributed by atoms with Crippen LogP contribution >= 0.6 is 0 Å². The van der Waals surface area contributed by atoms with Crippen LogP contribution in [0.1, 0.15) is 17.2 Å². The van der Waals surface area contributed by atoms with Crippen LogP contribution in [0.4, 0.5) is 0 Å². The van der Waals surface area contributed by atoms with E-state index in [9.17, 15) is 4.79 Å². The first kappa shape index (κ1) is 20.9. The van der Waals surface area contributed by atoms with E-state index in [2.05, 4.69) is 17.3 Å². The fourth-order valence-electron chi connectivity index (χ4n) is 2.37. The highest BCUT2D eigenvalue weighted by molar-refractivity contribution is 5.81. The highest BCUT2D eigenvalue weighted by Gasteiger charge is 2.21. The van der Waals surface area contributed by atoms with Crippen molar-refractivity contribution in [1.29, 1.82) is 0 Å². The van der Waals surface area contributed by atoms with Gasteiger partial charge in [0.1, 0.15) is 13.2 Å². The lowest BCUT2D eigenvalue weighted by molar-refractivity contribution is -0.146. The quantitative estimate of drug-likeness (QED) is 0.508. The summed E-state index contributed by atoms with van der Waals surface area (Å²) in [4.78, 5) is 17.8. The van der Waals surface area contributed by atoms with E-state index in [1.807, 2.05) is 18.2 Å². The van der Waals surface area contributed by atoms with Crippen LogP contribution in [0.5, 0.6) is 11.5 Å². The monoisotopic (exact) mass is 379 g/mol. The van der Waals surface area contributed by atoms with Gasteiger partial charge < -0.3 is 14.2 Å². The summed E-state index contributed by atoms with van der Waals surface area (Å²) in [5.74, 6) is 5.34. The molecule has 0 heterocycles. The van der Waals surface area contributed by atoms with Crippen molar-refractivity contribution in [1.82, 2.24) is 5.48 Å². The predicted molar refractivity (Wildman–Crippen MR) is 104 cm³/mol. The average Bonchev–Trinajstić information content (AvgIpc) is 2.73. The van der Waals surface area contributed by atoms with Gasteiger partial charge in [-0.25, -0.2) is 5.48 Å². The highest BCUT2D eigenvalue weighted by Crippen LogP contribution is 2.28. The van der Waals surface area contributed by atoms with Gasteiger partial charge in [-0.3, -0.25) is 9.63 Å². The summed E-state index contributed by atoms with van der Waals surface area (Å²) in [5, 5.41) is 0. The van der Waals surface area contributed by atoms with E-state index in [-0.39, 0.29) is 19.8 Å². The second-order valence-corrected chi connectivity index (χ2v) is 5.54. The molecule has 0 aliphatic heterocycles. The number of hydrogen-bond acceptors (Lipinski definition) is 5. The Kier molecular flexibility index (Phi) is 8.42. The SMILES string of the molecule is C#CCOc1ccc(CONC(=O)C(OCC#C)c2ccccc2)cc1OC. The number of carbonyl (C=O) groups excluding carboxylic acids is 1. The standard InChI is InChI=1S/C22H21NO5/c1-4-13-26-19-12-11-17(15-20(19)25-3)16-28-23-22(24)21(27-14-5-2)18-9-7-6-8-10-18/h1-2,6-12,15,21H,13-14,16H2,3H3,(H,23,24). The van der Waals surface area contributed by atoms with Gasteiger partial charge in [0.2, 0.25) is 0 Å². The van der Waals surface area contributed by atoms with Gasteiger partial charge in [0.15, 0.2) is 17.6 Å². The lowest BCUT2D eigenvalue weighted by Gasteiger charge is -2.17. The number of hydrogen-bond donors (Lipinski definition) is 1. The zero-order chi connectivity index (χ0) is 20.2. The molecule has 1 N–H and O–H groups in total. The number of amides is 1. The van der Waals surface area contributed by atoms with Crippen molar-refractivity contribution in [3.05, 3.63) is 59.7 Å². The summed E-state index contributed by atoms with van der Waals surface area (Å²) in [6.45, 7) is 0.262. The van der Waals surface area contributed by atoms with Crippen LogP contribution in [-0.4, -0.2) is 26.2 Å². The Morgan fingerprint density at radius 3 is 2.50 bits per heavy atom. The normalized spacial score (nSPS) is 11.0. The Balaban J connectivity index is 1.96. The number of benzene rings is 2. The summed E-state index contributed by atoms with van der Waals surface area (Å²) in [6.07, 6.45) is 9.55. The third-order valence-corrected chi connectivity index (χ3v) is 3.62. The van der Waals surface area contributed by atoms with E-state index in [1.54, 1.807) is 30.3 Å². The Morgan fingerprint density at radius 2 is 1.82 bits per heavy atom. The third kappa shape index (κ3) is 6.07. The summed E-state index contributed by atoms with van der Waals surface area (Å²) >= 11 is 0. The maximum atomic E-state index is 12.4. The molecule has 0 bridgehead atoms. The van der Waals surface area contributed by atoms with Gasteiger partial charge in [-0.05, 0) is 23.3 Å². The highest BCUT2D eigenvalue weighted by atomic mass is 16.7. The van der Waals surface area contributed by atoms with E-state index in [4.69, 9.17) is 31.9 Å². The molecule has 2 aromatic carbocycles. The molecule has 28 heavy (non-hydrogen) atoms. The van der Waals surface area contributed by atoms with Crippen molar-refractivity contribution in [2.45, 2.75) is 12.7 Å². The molecule has 0 fully saturated rings. The van der Waals surface area contributed by atoms with Gasteiger partial charge in [0.05, 0.1) is 13.7 Å². The van der Waals surface area contributed by atoms with Crippen molar-refractivity contribution >= 4 is 5.91 Å². The Morgan fingerprint density at radius 1 is 1.07 bits per heavy atom. The molecule has 0 aromatic heterocycles. The minimum absolute atomic E-state index is 0.00327. The number of terminal acetylenes is 2. The van der Waals surface area contributed by atoms with Gasteiger partial charge in [0.25, 0.3) is 5.91 Å². The first-order valence-electron chi connectivity index (χ1n) is 8.44. The van der Waals surface area contributed by atoms with E-state index >= 15 is 0 Å². The van der Waals surface area contributed by atoms with Gasteiger partial charge in [-0.1, -0.05) is 48.2 Å². The van der Waals surface area contributed by atoms with Crippen LogP contribution in [-0.2, 0) is 21.0 Å². The number of methoxy groups -OCH3 is 1. The van der Waals surface area contributed by atoms with E-state index < -0.39 is 12.0 Å². The van der Waals surface area contributed by atoms with Crippen molar-refractivity contribution in [2.24, 2.45) is 0 Å². The molecule has 0 saturated heterocycles. The Bertz CT molecular complexity index is 851. The number of rotatable bonds is 10. The molecule has 1 amide bonds. The summed E-state index contributed by atoms with van der Waals surface area (Å²) in [6, 6.07) is 14.3. The van der Waals surface area contributed by atoms with E-state index in [0.29, 0.717) is 17.1 Å². The fourth-order valence-corrected chi connectivity index (χ4v) is 2.37. The fraction of sp³-hybridized carbons (Fsp3) is 0.227. The number of hydroxylamine groups is 1. The molecule has 0 aliphatic carbocycles. The molecule has 0 aliphatic rings. The van der Waals surface area contributed by atoms with Crippen molar-refractivity contribution < 1.29 is 23.8 Å². The van der Waals surface area contributed by atoms with Gasteiger partial charge >= 0.3 is 0 Å². The smallest absolute Gasteiger partial charge is 0.277 e. The molecule has 0 radical (unpaired) electrons. The van der Waals surface area contributed by atoms with Crippen LogP contribution in [0.3, 0.4) is 0 Å². The van der Waals surface area contributed by atoms with Crippen molar-refractivity contribution in [2.75, 3.05) is 20.3 Å². The minimum Gasteiger partial charge on any atom is -0.493 e. The predicted octanol–water partition coefficient (Wildman–Crippen LogP) is 2.65. The molecule has 1 atom stereocenters. The number of nitrogens with one attached hydrogen (secondary N) is 1. The maximum absolute atomic E-state index is 12.4. The first-order chi connectivity index (χ1) is 13.7. The van der Waals surface area contributed by atoms with Gasteiger partial charge in [-0.15, -0.1) is 12.8 Å². The van der Waals surface area contributed by atoms with Crippen molar-refractivity contribution in [3.63, 3.8) is 0 Å². The molecular formula is C22H21NO5. The molecule has 0 spiro atoms. The maximum Gasteiger partial charge on any atom is 0.277 e. The van der Waals surface area contributed by atoms with Crippen LogP contribution in [0, 0.1) is 24.7 Å². The topological polar surface area (TPSA) is 66.0 Å². The lowest BCUT2D eigenvalue weighted by atomic mass is 10.1. The zero-order valence-electron chi connectivity index (χ0n) is 15.5. The molecule has 2 aromatic rings. The van der Waals surface area contributed by atoms with Crippen LogP contribution in [0.2, 0.25) is 0 Å². The molecule has 0 saturated carbocycles. The second-order valence-electron chi connectivity index (χ2n) is 5.54. The molecular weight excluding hydrogens is 358 g/mol. The van der Waals surface area contributed by atoms with E-state index in [0.717, 1.165) is 5.56 Å². The zero-order valence-corrected chi connectivity index (χ0v) is 15.5. The van der Waals surface area contributed by atoms with Crippen LogP contribution < -0.4 is 15.0 Å². The van der Waals surface area contributed by atoms with Gasteiger partial charge in [0, 0.05) is 0 Å². The van der Waals surface area contributed by atoms with Gasteiger partial charge in [-0.2, -0.15) is 0 Å². The minimum atomic E-state index is -0.869. The van der Waals surface area contributed by atoms with E-state index in [1.165, 1.54) is 7.11 Å². The lowest BCUT2D eigenvalue weighted by Crippen LogP contribution is -2.31.